The number of rotatable bonds is 4. The van der Waals surface area contributed by atoms with Crippen LogP contribution in [-0.2, 0) is 0 Å². The maximum absolute atomic E-state index is 11.3. The first-order valence-electron chi connectivity index (χ1n) is 7.85. The molecule has 0 bridgehead atoms. The molecule has 1 aliphatic rings. The molecule has 0 unspecified atom stereocenters. The highest BCUT2D eigenvalue weighted by atomic mass is 16.6. The quantitative estimate of drug-likeness (QED) is 0.672. The van der Waals surface area contributed by atoms with Gasteiger partial charge in [-0.3, -0.25) is 15.1 Å². The number of hydrogen-bond donors (Lipinski definition) is 1. The molecule has 0 aliphatic heterocycles. The normalized spacial score (nSPS) is 16.5. The summed E-state index contributed by atoms with van der Waals surface area (Å²) in [5.74, 6) is 0. The van der Waals surface area contributed by atoms with Crippen molar-refractivity contribution >= 4 is 22.8 Å². The summed E-state index contributed by atoms with van der Waals surface area (Å²) >= 11 is 0. The highest BCUT2D eigenvalue weighted by Gasteiger charge is 2.19. The number of nitro benzene ring substituents is 1. The van der Waals surface area contributed by atoms with Crippen molar-refractivity contribution in [2.24, 2.45) is 10.7 Å². The Balaban J connectivity index is 2.08. The van der Waals surface area contributed by atoms with E-state index in [0.717, 1.165) is 0 Å². The van der Waals surface area contributed by atoms with Gasteiger partial charge in [0.1, 0.15) is 0 Å². The Kier molecular flexibility index (Phi) is 4.85. The van der Waals surface area contributed by atoms with Crippen molar-refractivity contribution in [3.63, 3.8) is 0 Å². The van der Waals surface area contributed by atoms with E-state index in [0.29, 0.717) is 28.2 Å². The smallest absolute Gasteiger partial charge is 0.278 e. The topological polar surface area (TPSA) is 94.4 Å². The monoisotopic (exact) mass is 344 g/mol. The number of hydrogen-bond acceptors (Lipinski definition) is 5. The van der Waals surface area contributed by atoms with Gasteiger partial charge in [0.25, 0.3) is 5.69 Å². The van der Waals surface area contributed by atoms with Gasteiger partial charge >= 0.3 is 0 Å². The van der Waals surface area contributed by atoms with Gasteiger partial charge in [0.2, 0.25) is 0 Å². The minimum absolute atomic E-state index is 0.0524. The predicted molar refractivity (Wildman–Crippen MR) is 103 cm³/mol. The summed E-state index contributed by atoms with van der Waals surface area (Å²) in [6, 6.07) is 11.8. The van der Waals surface area contributed by atoms with Crippen LogP contribution in [0.2, 0.25) is 0 Å². The summed E-state index contributed by atoms with van der Waals surface area (Å²) in [6.07, 6.45) is 8.84. The van der Waals surface area contributed by atoms with E-state index in [4.69, 9.17) is 5.73 Å². The van der Waals surface area contributed by atoms with Gasteiger partial charge in [0.15, 0.2) is 0 Å². The van der Waals surface area contributed by atoms with Crippen molar-refractivity contribution in [3.8, 4) is 0 Å². The Bertz CT molecular complexity index is 986. The second-order valence-electron chi connectivity index (χ2n) is 5.48. The highest BCUT2D eigenvalue weighted by molar-refractivity contribution is 6.17. The molecule has 0 saturated carbocycles. The maximum Gasteiger partial charge on any atom is 0.278 e. The van der Waals surface area contributed by atoms with Crippen LogP contribution in [0.3, 0.4) is 0 Å². The van der Waals surface area contributed by atoms with Gasteiger partial charge < -0.3 is 5.73 Å². The number of allylic oxidation sites excluding steroid dienone is 5. The largest absolute Gasteiger partial charge is 0.397 e. The number of nitrogens with zero attached hydrogens (tertiary/aromatic N) is 3. The fraction of sp³-hybridized carbons (Fsp3) is 0. The minimum Gasteiger partial charge on any atom is -0.397 e. The van der Waals surface area contributed by atoms with Crippen molar-refractivity contribution in [1.29, 1.82) is 0 Å². The molecule has 3 rings (SSSR count). The molecule has 128 valence electrons. The Morgan fingerprint density at radius 3 is 2.58 bits per heavy atom. The standard InChI is InChI=1S/C20H16N4O2/c1-14(17-10-6-7-13-22-17)23-18-11-4-2-8-15(18)20(21)16-9-3-5-12-19(16)24(25)26/h2-13H,1,21H2/b20-15-,23-18-. The van der Waals surface area contributed by atoms with Crippen molar-refractivity contribution in [2.45, 2.75) is 0 Å². The lowest BCUT2D eigenvalue weighted by Gasteiger charge is -2.12. The average molecular weight is 344 g/mol. The molecule has 0 atom stereocenters. The SMILES string of the molecule is C=C(/N=C1/C=CC=C/C1=C(/N)c1ccccc1[N+](=O)[O-])c1ccccn1. The predicted octanol–water partition coefficient (Wildman–Crippen LogP) is 3.90. The first-order valence-corrected chi connectivity index (χ1v) is 7.85. The molecule has 0 saturated heterocycles. The number of benzene rings is 1. The molecule has 0 fully saturated rings. The molecule has 6 nitrogen and oxygen atoms in total. The molecule has 1 aromatic carbocycles. The summed E-state index contributed by atoms with van der Waals surface area (Å²) in [5.41, 5.74) is 9.15. The van der Waals surface area contributed by atoms with Crippen molar-refractivity contribution in [3.05, 3.63) is 106 Å². The molecular weight excluding hydrogens is 328 g/mol. The first-order chi connectivity index (χ1) is 12.6. The van der Waals surface area contributed by atoms with Crippen LogP contribution >= 0.6 is 0 Å². The first kappa shape index (κ1) is 17.0. The number of aromatic nitrogens is 1. The zero-order chi connectivity index (χ0) is 18.5. The van der Waals surface area contributed by atoms with Crippen LogP contribution in [0.4, 0.5) is 5.69 Å². The van der Waals surface area contributed by atoms with Crippen LogP contribution in [0, 0.1) is 10.1 Å². The highest BCUT2D eigenvalue weighted by Crippen LogP contribution is 2.27. The lowest BCUT2D eigenvalue weighted by molar-refractivity contribution is -0.385. The molecule has 6 heteroatoms. The lowest BCUT2D eigenvalue weighted by atomic mass is 9.98. The third kappa shape index (κ3) is 3.49. The summed E-state index contributed by atoms with van der Waals surface area (Å²) < 4.78 is 0. The van der Waals surface area contributed by atoms with Gasteiger partial charge in [-0.2, -0.15) is 0 Å². The summed E-state index contributed by atoms with van der Waals surface area (Å²) in [4.78, 5) is 19.6. The van der Waals surface area contributed by atoms with E-state index in [-0.39, 0.29) is 11.4 Å². The molecule has 1 aliphatic carbocycles. The van der Waals surface area contributed by atoms with E-state index in [1.165, 1.54) is 6.07 Å². The van der Waals surface area contributed by atoms with Crippen molar-refractivity contribution in [1.82, 2.24) is 4.98 Å². The van der Waals surface area contributed by atoms with E-state index in [9.17, 15) is 10.1 Å². The van der Waals surface area contributed by atoms with Gasteiger partial charge in [0, 0.05) is 17.8 Å². The third-order valence-corrected chi connectivity index (χ3v) is 3.80. The molecule has 26 heavy (non-hydrogen) atoms. The summed E-state index contributed by atoms with van der Waals surface area (Å²) in [7, 11) is 0. The molecule has 2 aromatic rings. The van der Waals surface area contributed by atoms with Crippen LogP contribution in [0.5, 0.6) is 0 Å². The van der Waals surface area contributed by atoms with Crippen LogP contribution in [0.1, 0.15) is 11.3 Å². The lowest BCUT2D eigenvalue weighted by Crippen LogP contribution is -2.11. The summed E-state index contributed by atoms with van der Waals surface area (Å²) in [6.45, 7) is 3.95. The molecule has 0 spiro atoms. The molecule has 1 aromatic heterocycles. The van der Waals surface area contributed by atoms with E-state index in [1.54, 1.807) is 42.6 Å². The minimum atomic E-state index is -0.450. The van der Waals surface area contributed by atoms with Gasteiger partial charge in [0.05, 0.1) is 33.3 Å². The fourth-order valence-electron chi connectivity index (χ4n) is 2.54. The van der Waals surface area contributed by atoms with Crippen LogP contribution in [-0.4, -0.2) is 15.6 Å². The van der Waals surface area contributed by atoms with E-state index in [1.807, 2.05) is 24.3 Å². The fourth-order valence-corrected chi connectivity index (χ4v) is 2.54. The van der Waals surface area contributed by atoms with Gasteiger partial charge in [-0.15, -0.1) is 0 Å². The number of nitrogens with two attached hydrogens (primary N) is 1. The van der Waals surface area contributed by atoms with E-state index >= 15 is 0 Å². The van der Waals surface area contributed by atoms with Crippen LogP contribution < -0.4 is 5.73 Å². The summed E-state index contributed by atoms with van der Waals surface area (Å²) in [5, 5.41) is 11.3. The number of pyridine rings is 1. The Labute approximate surface area is 150 Å². The third-order valence-electron chi connectivity index (χ3n) is 3.80. The zero-order valence-electron chi connectivity index (χ0n) is 13.9. The number of nitro groups is 1. The Hall–Kier alpha value is -3.80. The van der Waals surface area contributed by atoms with Crippen LogP contribution in [0.15, 0.2) is 90.1 Å². The molecule has 0 radical (unpaired) electrons. The van der Waals surface area contributed by atoms with Gasteiger partial charge in [-0.05, 0) is 24.3 Å². The number of para-hydroxylation sites is 1. The second-order valence-corrected chi connectivity index (χ2v) is 5.48. The average Bonchev–Trinajstić information content (AvgIpc) is 2.68. The Morgan fingerprint density at radius 1 is 1.12 bits per heavy atom. The second kappa shape index (κ2) is 7.40. The van der Waals surface area contributed by atoms with E-state index in [2.05, 4.69) is 16.6 Å². The molecule has 1 heterocycles. The van der Waals surface area contributed by atoms with Crippen molar-refractivity contribution in [2.75, 3.05) is 0 Å². The Morgan fingerprint density at radius 2 is 1.85 bits per heavy atom. The zero-order valence-corrected chi connectivity index (χ0v) is 13.9. The molecule has 2 N–H and O–H groups in total. The van der Waals surface area contributed by atoms with Gasteiger partial charge in [-0.25, -0.2) is 4.99 Å². The molecular formula is C20H16N4O2. The van der Waals surface area contributed by atoms with Crippen molar-refractivity contribution < 1.29 is 4.92 Å². The van der Waals surface area contributed by atoms with E-state index < -0.39 is 4.92 Å². The van der Waals surface area contributed by atoms with Gasteiger partial charge in [-0.1, -0.05) is 43.0 Å². The molecule has 0 amide bonds. The van der Waals surface area contributed by atoms with Crippen LogP contribution in [0.25, 0.3) is 11.4 Å². The maximum atomic E-state index is 11.3. The number of aliphatic imine (C=N–C) groups is 1.